The van der Waals surface area contributed by atoms with E-state index in [1.165, 1.54) is 0 Å². The van der Waals surface area contributed by atoms with Gasteiger partial charge >= 0.3 is 0 Å². The van der Waals surface area contributed by atoms with Crippen molar-refractivity contribution in [3.8, 4) is 5.75 Å². The first-order chi connectivity index (χ1) is 9.51. The average molecular weight is 337 g/mol. The van der Waals surface area contributed by atoms with Crippen molar-refractivity contribution in [1.82, 2.24) is 9.78 Å². The Morgan fingerprint density at radius 2 is 1.95 bits per heavy atom. The quantitative estimate of drug-likeness (QED) is 0.843. The van der Waals surface area contributed by atoms with Gasteiger partial charge in [-0.3, -0.25) is 9.48 Å². The Balaban J connectivity index is 2.05. The van der Waals surface area contributed by atoms with Crippen LogP contribution in [0.25, 0.3) is 0 Å². The van der Waals surface area contributed by atoms with E-state index in [1.54, 1.807) is 11.8 Å². The van der Waals surface area contributed by atoms with Gasteiger partial charge in [-0.05, 0) is 40.5 Å². The van der Waals surface area contributed by atoms with E-state index in [-0.39, 0.29) is 5.78 Å². The van der Waals surface area contributed by atoms with Crippen LogP contribution >= 0.6 is 15.9 Å². The van der Waals surface area contributed by atoms with Crippen LogP contribution in [0.15, 0.2) is 28.7 Å². The third-order valence-corrected chi connectivity index (χ3v) is 4.22. The fourth-order valence-corrected chi connectivity index (χ4v) is 2.57. The Bertz CT molecular complexity index is 618. The number of hydrogen-bond donors (Lipinski definition) is 0. The van der Waals surface area contributed by atoms with Gasteiger partial charge < -0.3 is 4.74 Å². The molecule has 1 aromatic carbocycles. The number of nitrogens with zero attached hydrogens (tertiary/aromatic N) is 2. The van der Waals surface area contributed by atoms with E-state index >= 15 is 0 Å². The summed E-state index contributed by atoms with van der Waals surface area (Å²) in [5.74, 6) is 0.963. The van der Waals surface area contributed by atoms with Crippen molar-refractivity contribution in [2.24, 2.45) is 7.05 Å². The smallest absolute Gasteiger partial charge is 0.143 e. The van der Waals surface area contributed by atoms with Crippen LogP contribution < -0.4 is 4.74 Å². The van der Waals surface area contributed by atoms with Gasteiger partial charge in [0.15, 0.2) is 0 Å². The third-order valence-electron chi connectivity index (χ3n) is 3.19. The second-order valence-corrected chi connectivity index (χ2v) is 5.50. The van der Waals surface area contributed by atoms with Gasteiger partial charge in [0.05, 0.1) is 23.0 Å². The molecule has 0 bridgehead atoms. The number of rotatable bonds is 5. The molecule has 0 unspecified atom stereocenters. The monoisotopic (exact) mass is 336 g/mol. The zero-order valence-electron chi connectivity index (χ0n) is 11.8. The van der Waals surface area contributed by atoms with Crippen molar-refractivity contribution in [2.45, 2.75) is 19.8 Å². The van der Waals surface area contributed by atoms with Crippen molar-refractivity contribution in [2.75, 3.05) is 7.11 Å². The first-order valence-electron chi connectivity index (χ1n) is 6.34. The maximum atomic E-state index is 12.2. The number of carbonyl (C=O) groups excluding carboxylic acids is 1. The summed E-state index contributed by atoms with van der Waals surface area (Å²) >= 11 is 3.48. The molecule has 0 aliphatic heterocycles. The molecule has 0 saturated carbocycles. The fourth-order valence-electron chi connectivity index (χ4n) is 2.09. The Morgan fingerprint density at radius 1 is 1.30 bits per heavy atom. The van der Waals surface area contributed by atoms with Crippen LogP contribution in [-0.4, -0.2) is 22.7 Å². The summed E-state index contributed by atoms with van der Waals surface area (Å²) in [4.78, 5) is 12.2. The molecule has 0 aliphatic rings. The van der Waals surface area contributed by atoms with Crippen molar-refractivity contribution in [3.05, 3.63) is 45.7 Å². The molecule has 0 saturated heterocycles. The third kappa shape index (κ3) is 3.28. The van der Waals surface area contributed by atoms with Crippen molar-refractivity contribution in [1.29, 1.82) is 0 Å². The summed E-state index contributed by atoms with van der Waals surface area (Å²) in [5.41, 5.74) is 2.81. The molecule has 0 N–H and O–H groups in total. The second-order valence-electron chi connectivity index (χ2n) is 4.71. The van der Waals surface area contributed by atoms with Gasteiger partial charge in [-0.1, -0.05) is 12.1 Å². The van der Waals surface area contributed by atoms with Gasteiger partial charge in [0.1, 0.15) is 11.5 Å². The van der Waals surface area contributed by atoms with E-state index in [2.05, 4.69) is 21.0 Å². The summed E-state index contributed by atoms with van der Waals surface area (Å²) in [6.07, 6.45) is 0.796. The van der Waals surface area contributed by atoms with Crippen molar-refractivity contribution in [3.63, 3.8) is 0 Å². The number of carbonyl (C=O) groups is 1. The normalized spacial score (nSPS) is 10.6. The van der Waals surface area contributed by atoms with Crippen LogP contribution in [0.1, 0.15) is 17.0 Å². The molecule has 0 aliphatic carbocycles. The Hall–Kier alpha value is -1.62. The molecule has 0 amide bonds. The van der Waals surface area contributed by atoms with E-state index < -0.39 is 0 Å². The van der Waals surface area contributed by atoms with Crippen LogP contribution in [0, 0.1) is 6.92 Å². The van der Waals surface area contributed by atoms with Crippen molar-refractivity contribution < 1.29 is 9.53 Å². The Morgan fingerprint density at radius 3 is 2.45 bits per heavy atom. The number of ether oxygens (including phenoxy) is 1. The molecule has 0 atom stereocenters. The van der Waals surface area contributed by atoms with E-state index in [1.807, 2.05) is 38.2 Å². The first-order valence-corrected chi connectivity index (χ1v) is 7.13. The standard InChI is InChI=1S/C15H17BrN2O2/c1-10-15(16)14(18(2)17-10)9-12(19)8-11-4-6-13(20-3)7-5-11/h4-7H,8-9H2,1-3H3. The van der Waals surface area contributed by atoms with Gasteiger partial charge in [0, 0.05) is 19.9 Å². The van der Waals surface area contributed by atoms with E-state index in [4.69, 9.17) is 4.74 Å². The van der Waals surface area contributed by atoms with E-state index in [9.17, 15) is 4.79 Å². The second kappa shape index (κ2) is 6.22. The van der Waals surface area contributed by atoms with Crippen LogP contribution in [0.5, 0.6) is 5.75 Å². The fraction of sp³-hybridized carbons (Fsp3) is 0.333. The number of methoxy groups -OCH3 is 1. The molecule has 0 fully saturated rings. The molecular formula is C15H17BrN2O2. The van der Waals surface area contributed by atoms with Gasteiger partial charge in [0.2, 0.25) is 0 Å². The molecule has 1 aromatic heterocycles. The lowest BCUT2D eigenvalue weighted by molar-refractivity contribution is -0.117. The SMILES string of the molecule is COc1ccc(CC(=O)Cc2c(Br)c(C)nn2C)cc1. The number of benzene rings is 1. The molecule has 5 heteroatoms. The average Bonchev–Trinajstić information content (AvgIpc) is 2.66. The lowest BCUT2D eigenvalue weighted by Gasteiger charge is -2.04. The molecule has 0 radical (unpaired) electrons. The summed E-state index contributed by atoms with van der Waals surface area (Å²) in [5, 5.41) is 4.29. The van der Waals surface area contributed by atoms with E-state index in [0.29, 0.717) is 12.8 Å². The number of hydrogen-bond acceptors (Lipinski definition) is 3. The lowest BCUT2D eigenvalue weighted by Crippen LogP contribution is -2.10. The molecule has 2 aromatic rings. The molecular weight excluding hydrogens is 320 g/mol. The maximum absolute atomic E-state index is 12.2. The largest absolute Gasteiger partial charge is 0.497 e. The number of Topliss-reactive ketones (excluding diaryl/α,β-unsaturated/α-hetero) is 1. The summed E-state index contributed by atoms with van der Waals surface area (Å²) in [6.45, 7) is 1.92. The number of aromatic nitrogens is 2. The summed E-state index contributed by atoms with van der Waals surface area (Å²) in [6, 6.07) is 7.57. The van der Waals surface area contributed by atoms with Gasteiger partial charge in [-0.15, -0.1) is 0 Å². The zero-order chi connectivity index (χ0) is 14.7. The molecule has 0 spiro atoms. The lowest BCUT2D eigenvalue weighted by atomic mass is 10.1. The predicted molar refractivity (Wildman–Crippen MR) is 81.1 cm³/mol. The minimum absolute atomic E-state index is 0.166. The summed E-state index contributed by atoms with van der Waals surface area (Å²) in [7, 11) is 3.48. The minimum atomic E-state index is 0.166. The maximum Gasteiger partial charge on any atom is 0.143 e. The first kappa shape index (κ1) is 14.8. The van der Waals surface area contributed by atoms with Crippen molar-refractivity contribution >= 4 is 21.7 Å². The topological polar surface area (TPSA) is 44.1 Å². The highest BCUT2D eigenvalue weighted by Crippen LogP contribution is 2.21. The van der Waals surface area contributed by atoms with E-state index in [0.717, 1.165) is 27.2 Å². The number of halogens is 1. The number of aryl methyl sites for hydroxylation is 2. The Labute approximate surface area is 126 Å². The highest BCUT2D eigenvalue weighted by atomic mass is 79.9. The van der Waals surface area contributed by atoms with Crippen LogP contribution in [-0.2, 0) is 24.7 Å². The highest BCUT2D eigenvalue weighted by molar-refractivity contribution is 9.10. The predicted octanol–water partition coefficient (Wildman–Crippen LogP) is 2.85. The zero-order valence-corrected chi connectivity index (χ0v) is 13.4. The molecule has 20 heavy (non-hydrogen) atoms. The molecule has 4 nitrogen and oxygen atoms in total. The van der Waals surface area contributed by atoms with Crippen LogP contribution in [0.2, 0.25) is 0 Å². The summed E-state index contributed by atoms with van der Waals surface area (Å²) < 4.78 is 7.78. The van der Waals surface area contributed by atoms with Crippen LogP contribution in [0.3, 0.4) is 0 Å². The molecule has 1 heterocycles. The minimum Gasteiger partial charge on any atom is -0.497 e. The highest BCUT2D eigenvalue weighted by Gasteiger charge is 2.14. The molecule has 2 rings (SSSR count). The van der Waals surface area contributed by atoms with Gasteiger partial charge in [-0.2, -0.15) is 5.10 Å². The number of ketones is 1. The van der Waals surface area contributed by atoms with Gasteiger partial charge in [-0.25, -0.2) is 0 Å². The van der Waals surface area contributed by atoms with Crippen LogP contribution in [0.4, 0.5) is 0 Å². The molecule has 106 valence electrons. The Kier molecular flexibility index (Phi) is 4.60. The van der Waals surface area contributed by atoms with Gasteiger partial charge in [0.25, 0.3) is 0 Å².